The second-order valence-corrected chi connectivity index (χ2v) is 23.5. The van der Waals surface area contributed by atoms with Gasteiger partial charge in [-0.1, -0.05) is 51.3 Å². The fourth-order valence-corrected chi connectivity index (χ4v) is 11.8. The first kappa shape index (κ1) is 67.8. The fourth-order valence-electron chi connectivity index (χ4n) is 11.1. The number of benzene rings is 3. The number of carbonyl (C=O) groups excluding carboxylic acids is 11. The molecule has 0 spiro atoms. The molecule has 10 N–H and O–H groups in total. The molecule has 2 aliphatic carbocycles. The Labute approximate surface area is 516 Å². The van der Waals surface area contributed by atoms with Crippen molar-refractivity contribution in [1.29, 1.82) is 0 Å². The van der Waals surface area contributed by atoms with Crippen molar-refractivity contribution in [2.75, 3.05) is 50.5 Å². The minimum atomic E-state index is -2.19. The highest BCUT2D eigenvalue weighted by Crippen LogP contribution is 2.52. The number of alkyl carbamates (subject to hydrolysis) is 1. The Morgan fingerprint density at radius 3 is 2.18 bits per heavy atom. The van der Waals surface area contributed by atoms with Crippen molar-refractivity contribution in [3.05, 3.63) is 107 Å². The highest BCUT2D eigenvalue weighted by molar-refractivity contribution is 7.99. The number of Topliss-reactive ketones (excluding diaryl/α,β-unsaturated/α-hetero) is 2. The average Bonchev–Trinajstić information content (AvgIpc) is 0.718. The van der Waals surface area contributed by atoms with Gasteiger partial charge < -0.3 is 81.1 Å². The molecule has 2 aliphatic heterocycles. The zero-order valence-electron chi connectivity index (χ0n) is 49.9. The van der Waals surface area contributed by atoms with Crippen LogP contribution in [0.1, 0.15) is 121 Å². The van der Waals surface area contributed by atoms with Gasteiger partial charge in [0.05, 0.1) is 73.9 Å². The van der Waals surface area contributed by atoms with E-state index in [1.54, 1.807) is 26.0 Å². The number of aromatic hydroxyl groups is 2. The van der Waals surface area contributed by atoms with Crippen molar-refractivity contribution < 1.29 is 92.1 Å². The van der Waals surface area contributed by atoms with E-state index in [0.29, 0.717) is 11.3 Å². The molecule has 4 aliphatic rings. The summed E-state index contributed by atoms with van der Waals surface area (Å²) in [7, 11) is 1.30. The number of thioether (sulfide) groups is 1. The van der Waals surface area contributed by atoms with Crippen molar-refractivity contribution in [3.63, 3.8) is 0 Å². The molecule has 0 saturated carbocycles. The van der Waals surface area contributed by atoms with E-state index in [4.69, 9.17) is 24.7 Å². The average molecular weight is 1260 g/mol. The summed E-state index contributed by atoms with van der Waals surface area (Å²) in [4.78, 5) is 148. The van der Waals surface area contributed by atoms with Crippen molar-refractivity contribution >= 4 is 82.2 Å². The number of nitrogens with one attached hydrogen (secondary N) is 4. The smallest absolute Gasteiger partial charge is 0.407 e. The number of fused-ring (bicyclic) bond motifs is 3. The summed E-state index contributed by atoms with van der Waals surface area (Å²) in [6.45, 7) is 12.7. The number of aliphatic hydroxyl groups is 2. The van der Waals surface area contributed by atoms with E-state index in [9.17, 15) is 73.2 Å². The van der Waals surface area contributed by atoms with Crippen LogP contribution in [-0.4, -0.2) is 181 Å². The number of phenols is 2. The molecule has 28 heteroatoms. The van der Waals surface area contributed by atoms with Gasteiger partial charge in [0.1, 0.15) is 35.6 Å². The second-order valence-electron chi connectivity index (χ2n) is 22.4. The summed E-state index contributed by atoms with van der Waals surface area (Å²) in [5.74, 6) is -7.82. The molecule has 478 valence electrons. The normalized spacial score (nSPS) is 21.0. The van der Waals surface area contributed by atoms with Gasteiger partial charge in [-0.05, 0) is 68.5 Å². The topological polar surface area (TPSA) is 389 Å². The molecule has 7 rings (SSSR count). The Hall–Kier alpha value is -8.70. The third-order valence-corrected chi connectivity index (χ3v) is 16.8. The predicted octanol–water partition coefficient (Wildman–Crippen LogP) is 2.97. The van der Waals surface area contributed by atoms with Crippen LogP contribution in [-0.2, 0) is 60.8 Å². The molecule has 0 bridgehead atoms. The number of nitrogens with two attached hydrogens (primary N) is 1. The Morgan fingerprint density at radius 1 is 0.910 bits per heavy atom. The molecule has 3 aromatic carbocycles. The standard InChI is InChI=1S/C61H74N8O19S/c1-8-44(73)67-28-68(45(74)9-2)30-69(29-67)46(75)19-21-89-27-43(72)66-52(31(3)4)40(71)22-35(12-11-20-63-59(62)82)58(81)64-36-17-15-34(16-18-36)26-86-60(83)65-39-23-47(87-32(5)53(39)76)88-42-25-61(84,33(6)70)24-38-49(42)57(80)51-50(55(38)78)54(77)37-13-10-14-41(85-7)48(37)56(51)79/h8-10,13-18,31-32,35,39,42,47,52-53,76,78,80,84H,1-2,11-12,19-30H2,3-7H3,(H,64,81)(H,65,83)(H,66,72)(H3,62,63,82)/t32-,35+,39-,42-,47-,52-,53+,61-/m0/s1. The molecule has 0 aromatic heterocycles. The lowest BCUT2D eigenvalue weighted by Gasteiger charge is -2.42. The molecule has 8 atom stereocenters. The SMILES string of the molecule is C=CC(=O)N1CN(C(=O)C=C)CN(C(=O)CCSCC(=O)N[C@H](C(=O)C[C@@H](CCCNC(N)=O)C(=O)Nc2ccc(COC(=O)N[C@H]3C[C@H](O[C@H]4C[C@](O)(C(C)=O)Cc5c(O)c6c(c(O)c54)C(=O)c4c(OC)cccc4C6=O)O[C@@H](C)[C@H]3O)cc2)C(C)C)C1. The monoisotopic (exact) mass is 1250 g/mol. The maximum Gasteiger partial charge on any atom is 0.407 e. The van der Waals surface area contributed by atoms with Gasteiger partial charge in [-0.2, -0.15) is 11.8 Å². The summed E-state index contributed by atoms with van der Waals surface area (Å²) < 4.78 is 23.1. The Balaban J connectivity index is 0.934. The lowest BCUT2D eigenvalue weighted by molar-refractivity contribution is -0.249. The van der Waals surface area contributed by atoms with E-state index in [1.165, 1.54) is 59.1 Å². The number of phenolic OH excluding ortho intramolecular Hbond substituents is 2. The van der Waals surface area contributed by atoms with Crippen LogP contribution in [0.25, 0.3) is 0 Å². The number of carbonyl (C=O) groups is 11. The van der Waals surface area contributed by atoms with Crippen molar-refractivity contribution in [1.82, 2.24) is 30.7 Å². The van der Waals surface area contributed by atoms with Gasteiger partial charge in [0.15, 0.2) is 23.6 Å². The molecule has 89 heavy (non-hydrogen) atoms. The largest absolute Gasteiger partial charge is 0.507 e. The molecule has 2 fully saturated rings. The van der Waals surface area contributed by atoms with Gasteiger partial charge in [0.25, 0.3) is 0 Å². The maximum atomic E-state index is 14.1. The molecule has 2 heterocycles. The third-order valence-electron chi connectivity index (χ3n) is 15.9. The van der Waals surface area contributed by atoms with Crippen LogP contribution in [0, 0.1) is 11.8 Å². The maximum absolute atomic E-state index is 14.1. The van der Waals surface area contributed by atoms with Gasteiger partial charge in [-0.3, -0.25) is 43.2 Å². The second kappa shape index (κ2) is 29.5. The van der Waals surface area contributed by atoms with Crippen LogP contribution in [0.15, 0.2) is 67.8 Å². The van der Waals surface area contributed by atoms with Crippen LogP contribution < -0.4 is 31.7 Å². The number of primary amides is 1. The summed E-state index contributed by atoms with van der Waals surface area (Å²) in [6.07, 6.45) is -5.15. The molecule has 0 radical (unpaired) electrons. The number of aliphatic hydroxyl groups excluding tert-OH is 1. The fraction of sp³-hybridized carbons (Fsp3) is 0.459. The van der Waals surface area contributed by atoms with Crippen LogP contribution in [0.2, 0.25) is 0 Å². The molecule has 3 aromatic rings. The number of ketones is 4. The number of anilines is 1. The minimum absolute atomic E-state index is 0.0229. The van der Waals surface area contributed by atoms with Gasteiger partial charge in [-0.25, -0.2) is 9.59 Å². The Kier molecular flexibility index (Phi) is 22.5. The van der Waals surface area contributed by atoms with Gasteiger partial charge in [0.2, 0.25) is 35.3 Å². The number of rotatable bonds is 25. The first-order chi connectivity index (χ1) is 42.2. The van der Waals surface area contributed by atoms with Crippen molar-refractivity contribution in [2.45, 2.75) is 122 Å². The van der Waals surface area contributed by atoms with E-state index in [0.717, 1.165) is 30.8 Å². The number of amides is 8. The lowest BCUT2D eigenvalue weighted by atomic mass is 9.72. The summed E-state index contributed by atoms with van der Waals surface area (Å²) >= 11 is 1.14. The van der Waals surface area contributed by atoms with Gasteiger partial charge in [0, 0.05) is 72.7 Å². The van der Waals surface area contributed by atoms with Crippen LogP contribution >= 0.6 is 11.8 Å². The Bertz CT molecular complexity index is 3280. The van der Waals surface area contributed by atoms with E-state index in [1.807, 2.05) is 0 Å². The number of urea groups is 1. The zero-order chi connectivity index (χ0) is 65.2. The van der Waals surface area contributed by atoms with E-state index >= 15 is 0 Å². The van der Waals surface area contributed by atoms with E-state index in [-0.39, 0.29) is 111 Å². The lowest BCUT2D eigenvalue weighted by Crippen LogP contribution is -2.59. The first-order valence-corrected chi connectivity index (χ1v) is 29.8. The predicted molar refractivity (Wildman–Crippen MR) is 319 cm³/mol. The minimum Gasteiger partial charge on any atom is -0.507 e. The quantitative estimate of drug-likeness (QED) is 0.0262. The highest BCUT2D eigenvalue weighted by Gasteiger charge is 2.50. The van der Waals surface area contributed by atoms with Crippen molar-refractivity contribution in [2.24, 2.45) is 17.6 Å². The first-order valence-electron chi connectivity index (χ1n) is 28.7. The van der Waals surface area contributed by atoms with Gasteiger partial charge in [-0.15, -0.1) is 0 Å². The number of hydrogen-bond donors (Lipinski definition) is 9. The number of nitrogens with zero attached hydrogens (tertiary/aromatic N) is 3. The van der Waals surface area contributed by atoms with E-state index < -0.39 is 148 Å². The molecule has 2 saturated heterocycles. The Morgan fingerprint density at radius 2 is 1.56 bits per heavy atom. The summed E-state index contributed by atoms with van der Waals surface area (Å²) in [5, 5.41) is 57.1. The molecular weight excluding hydrogens is 1180 g/mol. The van der Waals surface area contributed by atoms with Crippen molar-refractivity contribution in [3.8, 4) is 17.2 Å². The molecule has 8 amide bonds. The summed E-state index contributed by atoms with van der Waals surface area (Å²) in [6, 6.07) is 7.63. The highest BCUT2D eigenvalue weighted by atomic mass is 32.2. The molecular formula is C61H74N8O19S. The van der Waals surface area contributed by atoms with Crippen LogP contribution in [0.5, 0.6) is 17.2 Å². The van der Waals surface area contributed by atoms with Gasteiger partial charge >= 0.3 is 12.1 Å². The number of hydrogen-bond acceptors (Lipinski definition) is 20. The molecule has 27 nitrogen and oxygen atoms in total. The van der Waals surface area contributed by atoms with Crippen LogP contribution in [0.3, 0.4) is 0 Å². The number of methoxy groups -OCH3 is 1. The number of ether oxygens (including phenoxy) is 4. The third kappa shape index (κ3) is 16.0. The zero-order valence-corrected chi connectivity index (χ0v) is 50.7. The van der Waals surface area contributed by atoms with E-state index in [2.05, 4.69) is 34.4 Å². The molecule has 0 unspecified atom stereocenters. The van der Waals surface area contributed by atoms with Crippen LogP contribution in [0.4, 0.5) is 15.3 Å². The summed E-state index contributed by atoms with van der Waals surface area (Å²) in [5.41, 5.74) is 2.12.